The minimum Gasteiger partial charge on any atom is -0.338 e. The fourth-order valence-electron chi connectivity index (χ4n) is 3.59. The normalized spacial score (nSPS) is 27.3. The summed E-state index contributed by atoms with van der Waals surface area (Å²) in [5, 5.41) is 0. The number of amides is 1. The number of carbonyl (C=O) groups excluding carboxylic acids is 1. The van der Waals surface area contributed by atoms with Crippen LogP contribution in [0.25, 0.3) is 0 Å². The van der Waals surface area contributed by atoms with E-state index >= 15 is 0 Å². The zero-order valence-corrected chi connectivity index (χ0v) is 12.6. The quantitative estimate of drug-likeness (QED) is 0.912. The maximum absolute atomic E-state index is 12.2. The molecule has 1 aromatic carbocycles. The van der Waals surface area contributed by atoms with Gasteiger partial charge in [0.25, 0.3) is 0 Å². The number of rotatable bonds is 4. The molecule has 3 rings (SSSR count). The molecule has 2 unspecified atom stereocenters. The third-order valence-corrected chi connectivity index (χ3v) is 4.74. The molecule has 114 valence electrons. The molecule has 2 aliphatic rings. The molecule has 2 atom stereocenters. The molecule has 2 fully saturated rings. The third-order valence-electron chi connectivity index (χ3n) is 4.74. The molecule has 2 aliphatic heterocycles. The summed E-state index contributed by atoms with van der Waals surface area (Å²) < 4.78 is 0. The molecule has 0 spiro atoms. The molecule has 4 nitrogen and oxygen atoms in total. The van der Waals surface area contributed by atoms with E-state index in [0.717, 1.165) is 32.6 Å². The summed E-state index contributed by atoms with van der Waals surface area (Å²) in [5.74, 6) is 0.666. The molecule has 0 bridgehead atoms. The highest BCUT2D eigenvalue weighted by molar-refractivity contribution is 5.79. The van der Waals surface area contributed by atoms with Crippen molar-refractivity contribution in [2.75, 3.05) is 26.2 Å². The number of likely N-dealkylation sites (tertiary alicyclic amines) is 2. The van der Waals surface area contributed by atoms with Gasteiger partial charge in [0.1, 0.15) is 0 Å². The lowest BCUT2D eigenvalue weighted by Gasteiger charge is -2.37. The van der Waals surface area contributed by atoms with Gasteiger partial charge in [0, 0.05) is 32.1 Å². The van der Waals surface area contributed by atoms with E-state index in [-0.39, 0.29) is 0 Å². The molecular weight excluding hydrogens is 262 g/mol. The number of nitrogens with zero attached hydrogens (tertiary/aromatic N) is 2. The van der Waals surface area contributed by atoms with Gasteiger partial charge < -0.3 is 10.6 Å². The van der Waals surface area contributed by atoms with Gasteiger partial charge >= 0.3 is 0 Å². The number of piperidine rings is 1. The average molecular weight is 287 g/mol. The maximum atomic E-state index is 12.2. The van der Waals surface area contributed by atoms with E-state index < -0.39 is 0 Å². The van der Waals surface area contributed by atoms with Crippen LogP contribution in [0.2, 0.25) is 0 Å². The van der Waals surface area contributed by atoms with E-state index in [1.54, 1.807) is 0 Å². The lowest BCUT2D eigenvalue weighted by atomic mass is 10.0. The van der Waals surface area contributed by atoms with Crippen LogP contribution in [0.3, 0.4) is 0 Å². The van der Waals surface area contributed by atoms with Gasteiger partial charge in [-0.2, -0.15) is 0 Å². The highest BCUT2D eigenvalue weighted by atomic mass is 16.2. The fraction of sp³-hybridized carbons (Fsp3) is 0.588. The molecule has 21 heavy (non-hydrogen) atoms. The average Bonchev–Trinajstić information content (AvgIpc) is 2.90. The summed E-state index contributed by atoms with van der Waals surface area (Å²) in [5.41, 5.74) is 7.08. The summed E-state index contributed by atoms with van der Waals surface area (Å²) in [6.07, 6.45) is 2.95. The van der Waals surface area contributed by atoms with Crippen LogP contribution < -0.4 is 5.73 Å². The first-order valence-electron chi connectivity index (χ1n) is 8.02. The number of benzene rings is 1. The Bertz CT molecular complexity index is 476. The van der Waals surface area contributed by atoms with Crippen molar-refractivity contribution in [1.29, 1.82) is 0 Å². The molecule has 2 heterocycles. The van der Waals surface area contributed by atoms with Crippen molar-refractivity contribution in [1.82, 2.24) is 9.80 Å². The lowest BCUT2D eigenvalue weighted by Crippen LogP contribution is -2.48. The van der Waals surface area contributed by atoms with E-state index in [2.05, 4.69) is 40.1 Å². The van der Waals surface area contributed by atoms with Gasteiger partial charge in [-0.1, -0.05) is 30.3 Å². The first kappa shape index (κ1) is 14.5. The molecule has 0 aliphatic carbocycles. The first-order chi connectivity index (χ1) is 10.3. The summed E-state index contributed by atoms with van der Waals surface area (Å²) in [4.78, 5) is 16.7. The van der Waals surface area contributed by atoms with Gasteiger partial charge in [0.2, 0.25) is 5.91 Å². The topological polar surface area (TPSA) is 49.6 Å². The Labute approximate surface area is 126 Å². The van der Waals surface area contributed by atoms with Crippen molar-refractivity contribution in [3.05, 3.63) is 35.9 Å². The Balaban J connectivity index is 1.59. The SMILES string of the molecule is NCC1CC(=O)N(C2CCCN(Cc3ccccc3)C2)C1. The fourth-order valence-corrected chi connectivity index (χ4v) is 3.59. The van der Waals surface area contributed by atoms with Gasteiger partial charge in [-0.15, -0.1) is 0 Å². The molecule has 4 heteroatoms. The van der Waals surface area contributed by atoms with Crippen LogP contribution in [0.15, 0.2) is 30.3 Å². The molecule has 1 amide bonds. The van der Waals surface area contributed by atoms with Crippen molar-refractivity contribution < 1.29 is 4.79 Å². The largest absolute Gasteiger partial charge is 0.338 e. The standard InChI is InChI=1S/C17H25N3O/c18-10-15-9-17(21)20(12-15)16-7-4-8-19(13-16)11-14-5-2-1-3-6-14/h1-3,5-6,15-16H,4,7-13,18H2. The van der Waals surface area contributed by atoms with Gasteiger partial charge in [-0.25, -0.2) is 0 Å². The van der Waals surface area contributed by atoms with Crippen molar-refractivity contribution in [3.8, 4) is 0 Å². The van der Waals surface area contributed by atoms with Gasteiger partial charge in [-0.05, 0) is 37.4 Å². The van der Waals surface area contributed by atoms with Gasteiger partial charge in [0.15, 0.2) is 0 Å². The summed E-state index contributed by atoms with van der Waals surface area (Å²) in [6, 6.07) is 11.0. The van der Waals surface area contributed by atoms with Crippen molar-refractivity contribution >= 4 is 5.91 Å². The Kier molecular flexibility index (Phi) is 4.56. The number of hydrogen-bond donors (Lipinski definition) is 1. The van der Waals surface area contributed by atoms with Crippen LogP contribution in [0.4, 0.5) is 0 Å². The molecule has 0 radical (unpaired) electrons. The zero-order chi connectivity index (χ0) is 14.7. The zero-order valence-electron chi connectivity index (χ0n) is 12.6. The smallest absolute Gasteiger partial charge is 0.223 e. The van der Waals surface area contributed by atoms with Crippen LogP contribution in [0.1, 0.15) is 24.8 Å². The Morgan fingerprint density at radius 1 is 1.19 bits per heavy atom. The van der Waals surface area contributed by atoms with Crippen molar-refractivity contribution in [2.45, 2.75) is 31.8 Å². The number of nitrogens with two attached hydrogens (primary N) is 1. The molecule has 2 N–H and O–H groups in total. The monoisotopic (exact) mass is 287 g/mol. The highest BCUT2D eigenvalue weighted by Crippen LogP contribution is 2.25. The molecule has 0 aromatic heterocycles. The second-order valence-corrected chi connectivity index (χ2v) is 6.37. The second kappa shape index (κ2) is 6.58. The van der Waals surface area contributed by atoms with Crippen molar-refractivity contribution in [3.63, 3.8) is 0 Å². The number of carbonyl (C=O) groups is 1. The minimum absolute atomic E-state index is 0.303. The summed E-state index contributed by atoms with van der Waals surface area (Å²) in [7, 11) is 0. The summed E-state index contributed by atoms with van der Waals surface area (Å²) in [6.45, 7) is 4.60. The van der Waals surface area contributed by atoms with Crippen LogP contribution in [-0.4, -0.2) is 47.9 Å². The van der Waals surface area contributed by atoms with Crippen molar-refractivity contribution in [2.24, 2.45) is 11.7 Å². The number of hydrogen-bond acceptors (Lipinski definition) is 3. The predicted molar refractivity (Wildman–Crippen MR) is 83.6 cm³/mol. The maximum Gasteiger partial charge on any atom is 0.223 e. The van der Waals surface area contributed by atoms with Crippen LogP contribution >= 0.6 is 0 Å². The Morgan fingerprint density at radius 2 is 2.00 bits per heavy atom. The van der Waals surface area contributed by atoms with E-state index in [0.29, 0.717) is 30.8 Å². The second-order valence-electron chi connectivity index (χ2n) is 6.37. The first-order valence-corrected chi connectivity index (χ1v) is 8.02. The molecule has 0 saturated carbocycles. The van der Waals surface area contributed by atoms with E-state index in [1.807, 2.05) is 0 Å². The molecular formula is C17H25N3O. The van der Waals surface area contributed by atoms with E-state index in [9.17, 15) is 4.79 Å². The van der Waals surface area contributed by atoms with Crippen LogP contribution in [0.5, 0.6) is 0 Å². The van der Waals surface area contributed by atoms with Crippen LogP contribution in [-0.2, 0) is 11.3 Å². The van der Waals surface area contributed by atoms with E-state index in [1.165, 1.54) is 12.0 Å². The molecule has 2 saturated heterocycles. The predicted octanol–water partition coefficient (Wildman–Crippen LogP) is 1.46. The van der Waals surface area contributed by atoms with Gasteiger partial charge in [-0.3, -0.25) is 9.69 Å². The van der Waals surface area contributed by atoms with Gasteiger partial charge in [0.05, 0.1) is 0 Å². The Hall–Kier alpha value is -1.39. The minimum atomic E-state index is 0.303. The Morgan fingerprint density at radius 3 is 2.71 bits per heavy atom. The highest BCUT2D eigenvalue weighted by Gasteiger charge is 2.35. The third kappa shape index (κ3) is 3.44. The van der Waals surface area contributed by atoms with Crippen LogP contribution in [0, 0.1) is 5.92 Å². The van der Waals surface area contributed by atoms with E-state index in [4.69, 9.17) is 5.73 Å². The lowest BCUT2D eigenvalue weighted by molar-refractivity contribution is -0.130. The summed E-state index contributed by atoms with van der Waals surface area (Å²) >= 11 is 0. The molecule has 1 aromatic rings.